The van der Waals surface area contributed by atoms with Crippen molar-refractivity contribution in [2.24, 2.45) is 5.92 Å². The lowest BCUT2D eigenvalue weighted by Crippen LogP contribution is -2.52. The highest BCUT2D eigenvalue weighted by molar-refractivity contribution is 7.89. The van der Waals surface area contributed by atoms with Crippen molar-refractivity contribution in [3.63, 3.8) is 0 Å². The van der Waals surface area contributed by atoms with Gasteiger partial charge in [-0.2, -0.15) is 13.1 Å². The summed E-state index contributed by atoms with van der Waals surface area (Å²) in [5, 5.41) is 13.0. The average molecular weight is 416 g/mol. The molecule has 0 unspecified atom stereocenters. The third-order valence-electron chi connectivity index (χ3n) is 6.20. The van der Waals surface area contributed by atoms with Gasteiger partial charge in [0.25, 0.3) is 0 Å². The molecule has 2 heterocycles. The summed E-state index contributed by atoms with van der Waals surface area (Å²) in [5.74, 6) is 0.462. The Kier molecular flexibility index (Phi) is 5.61. The van der Waals surface area contributed by atoms with E-state index in [4.69, 9.17) is 0 Å². The van der Waals surface area contributed by atoms with Crippen LogP contribution in [0.5, 0.6) is 5.75 Å². The highest BCUT2D eigenvalue weighted by atomic mass is 32.2. The van der Waals surface area contributed by atoms with Crippen molar-refractivity contribution in [3.05, 3.63) is 24.3 Å². The zero-order valence-corrected chi connectivity index (χ0v) is 16.3. The summed E-state index contributed by atoms with van der Waals surface area (Å²) in [7, 11) is -3.67. The Hall–Kier alpha value is -1.29. The maximum absolute atomic E-state index is 13.1. The summed E-state index contributed by atoms with van der Waals surface area (Å²) in [6.45, 7) is -2.06. The molecule has 156 valence electrons. The molecule has 0 spiro atoms. The van der Waals surface area contributed by atoms with Crippen molar-refractivity contribution < 1.29 is 27.0 Å². The molecule has 2 N–H and O–H groups in total. The normalized spacial score (nSPS) is 33.1. The molecule has 4 rings (SSSR count). The zero-order chi connectivity index (χ0) is 19.9. The molecule has 2 aliphatic heterocycles. The number of sulfonamides is 1. The first kappa shape index (κ1) is 20.0. The molecule has 1 aliphatic carbocycles. The standard InChI is InChI=1S/C19H26F2N2O4S/c20-19(21)27-17-3-5-18(6-4-17)28(25,26)23-14-1-2-15(23)10-13(9-14)22-11-12-7-16(24)8-12/h3-6,12-16,19,22,24H,1-2,7-11H2/t12?,13-,14+,15-,16?. The molecule has 1 aromatic rings. The number of benzene rings is 1. The summed E-state index contributed by atoms with van der Waals surface area (Å²) < 4.78 is 56.8. The van der Waals surface area contributed by atoms with Crippen LogP contribution in [0, 0.1) is 5.92 Å². The van der Waals surface area contributed by atoms with E-state index in [-0.39, 0.29) is 28.8 Å². The van der Waals surface area contributed by atoms with Gasteiger partial charge in [0.05, 0.1) is 11.0 Å². The van der Waals surface area contributed by atoms with Crippen molar-refractivity contribution in [2.45, 2.75) is 74.3 Å². The fourth-order valence-electron chi connectivity index (χ4n) is 4.81. The first-order chi connectivity index (χ1) is 13.3. The number of aliphatic hydroxyl groups excluding tert-OH is 1. The summed E-state index contributed by atoms with van der Waals surface area (Å²) in [6, 6.07) is 5.42. The van der Waals surface area contributed by atoms with Gasteiger partial charge in [0, 0.05) is 18.1 Å². The van der Waals surface area contributed by atoms with Crippen LogP contribution < -0.4 is 10.1 Å². The number of nitrogens with one attached hydrogen (secondary N) is 1. The summed E-state index contributed by atoms with van der Waals surface area (Å²) in [5.41, 5.74) is 0. The number of hydrogen-bond donors (Lipinski definition) is 2. The quantitative estimate of drug-likeness (QED) is 0.713. The second-order valence-electron chi connectivity index (χ2n) is 8.14. The number of hydrogen-bond acceptors (Lipinski definition) is 5. The smallest absolute Gasteiger partial charge is 0.387 e. The molecule has 3 atom stereocenters. The molecular formula is C19H26F2N2O4S. The average Bonchev–Trinajstić information content (AvgIpc) is 2.90. The highest BCUT2D eigenvalue weighted by Gasteiger charge is 2.47. The SMILES string of the molecule is O=S(=O)(c1ccc(OC(F)F)cc1)N1[C@@H]2CC[C@H]1C[C@@H](NCC1CC(O)C1)C2. The molecule has 3 fully saturated rings. The van der Waals surface area contributed by atoms with Gasteiger partial charge in [-0.05, 0) is 75.3 Å². The zero-order valence-electron chi connectivity index (χ0n) is 15.5. The van der Waals surface area contributed by atoms with E-state index in [1.165, 1.54) is 24.3 Å². The van der Waals surface area contributed by atoms with Crippen molar-refractivity contribution >= 4 is 10.0 Å². The van der Waals surface area contributed by atoms with E-state index in [1.807, 2.05) is 0 Å². The summed E-state index contributed by atoms with van der Waals surface area (Å²) in [4.78, 5) is 0.112. The molecule has 0 amide bonds. The second kappa shape index (κ2) is 7.85. The van der Waals surface area contributed by atoms with E-state index in [9.17, 15) is 22.3 Å². The van der Waals surface area contributed by atoms with Gasteiger partial charge in [-0.1, -0.05) is 0 Å². The number of ether oxygens (including phenoxy) is 1. The molecule has 0 aromatic heterocycles. The first-order valence-electron chi connectivity index (χ1n) is 9.83. The van der Waals surface area contributed by atoms with E-state index in [1.54, 1.807) is 4.31 Å². The van der Waals surface area contributed by atoms with Crippen LogP contribution in [0.1, 0.15) is 38.5 Å². The molecule has 2 bridgehead atoms. The Bertz CT molecular complexity index is 770. The third-order valence-corrected chi connectivity index (χ3v) is 8.22. The third kappa shape index (κ3) is 4.03. The monoisotopic (exact) mass is 416 g/mol. The van der Waals surface area contributed by atoms with E-state index >= 15 is 0 Å². The van der Waals surface area contributed by atoms with Crippen LogP contribution in [0.2, 0.25) is 0 Å². The van der Waals surface area contributed by atoms with Crippen molar-refractivity contribution in [1.29, 1.82) is 0 Å². The number of fused-ring (bicyclic) bond motifs is 2. The van der Waals surface area contributed by atoms with E-state index < -0.39 is 16.6 Å². The van der Waals surface area contributed by atoms with Crippen LogP contribution in [-0.2, 0) is 10.0 Å². The number of halogens is 2. The van der Waals surface area contributed by atoms with Gasteiger partial charge >= 0.3 is 6.61 Å². The molecule has 1 aromatic carbocycles. The van der Waals surface area contributed by atoms with Crippen LogP contribution >= 0.6 is 0 Å². The fourth-order valence-corrected chi connectivity index (χ4v) is 6.70. The van der Waals surface area contributed by atoms with Gasteiger partial charge in [-0.25, -0.2) is 8.42 Å². The van der Waals surface area contributed by atoms with Crippen molar-refractivity contribution in [2.75, 3.05) is 6.54 Å². The topological polar surface area (TPSA) is 78.9 Å². The maximum atomic E-state index is 13.1. The van der Waals surface area contributed by atoms with E-state index in [0.717, 1.165) is 45.1 Å². The van der Waals surface area contributed by atoms with Gasteiger partial charge in [-0.3, -0.25) is 0 Å². The molecule has 9 heteroatoms. The van der Waals surface area contributed by atoms with Gasteiger partial charge in [0.15, 0.2) is 0 Å². The van der Waals surface area contributed by atoms with Crippen LogP contribution in [0.25, 0.3) is 0 Å². The number of piperidine rings is 1. The van der Waals surface area contributed by atoms with Gasteiger partial charge < -0.3 is 15.2 Å². The Morgan fingerprint density at radius 3 is 2.25 bits per heavy atom. The van der Waals surface area contributed by atoms with Gasteiger partial charge in [-0.15, -0.1) is 0 Å². The highest BCUT2D eigenvalue weighted by Crippen LogP contribution is 2.40. The first-order valence-corrected chi connectivity index (χ1v) is 11.3. The maximum Gasteiger partial charge on any atom is 0.387 e. The Labute approximate surface area is 163 Å². The Morgan fingerprint density at radius 1 is 1.11 bits per heavy atom. The van der Waals surface area contributed by atoms with Gasteiger partial charge in [0.1, 0.15) is 5.75 Å². The van der Waals surface area contributed by atoms with Crippen LogP contribution in [0.4, 0.5) is 8.78 Å². The molecular weight excluding hydrogens is 390 g/mol. The minimum atomic E-state index is -3.67. The van der Waals surface area contributed by atoms with E-state index in [0.29, 0.717) is 12.0 Å². The minimum absolute atomic E-state index is 0.0368. The largest absolute Gasteiger partial charge is 0.435 e. The molecule has 3 aliphatic rings. The van der Waals surface area contributed by atoms with Crippen LogP contribution in [0.3, 0.4) is 0 Å². The lowest BCUT2D eigenvalue weighted by atomic mass is 9.82. The lowest BCUT2D eigenvalue weighted by molar-refractivity contribution is -0.0498. The van der Waals surface area contributed by atoms with Gasteiger partial charge in [0.2, 0.25) is 10.0 Å². The van der Waals surface area contributed by atoms with Crippen molar-refractivity contribution in [1.82, 2.24) is 9.62 Å². The summed E-state index contributed by atoms with van der Waals surface area (Å²) in [6.07, 6.45) is 4.77. The molecule has 0 radical (unpaired) electrons. The fraction of sp³-hybridized carbons (Fsp3) is 0.684. The number of alkyl halides is 2. The molecule has 2 saturated heterocycles. The minimum Gasteiger partial charge on any atom is -0.435 e. The number of rotatable bonds is 7. The van der Waals surface area contributed by atoms with Crippen LogP contribution in [0.15, 0.2) is 29.2 Å². The van der Waals surface area contributed by atoms with Crippen molar-refractivity contribution in [3.8, 4) is 5.75 Å². The molecule has 28 heavy (non-hydrogen) atoms. The van der Waals surface area contributed by atoms with Crippen LogP contribution in [-0.4, -0.2) is 55.2 Å². The summed E-state index contributed by atoms with van der Waals surface area (Å²) >= 11 is 0. The second-order valence-corrected chi connectivity index (χ2v) is 9.98. The Balaban J connectivity index is 1.40. The Morgan fingerprint density at radius 2 is 1.71 bits per heavy atom. The number of nitrogens with zero attached hydrogens (tertiary/aromatic N) is 1. The van der Waals surface area contributed by atoms with E-state index in [2.05, 4.69) is 10.1 Å². The predicted molar refractivity (Wildman–Crippen MR) is 98.7 cm³/mol. The molecule has 6 nitrogen and oxygen atoms in total. The number of aliphatic hydroxyl groups is 1. The predicted octanol–water partition coefficient (Wildman–Crippen LogP) is 2.33. The lowest BCUT2D eigenvalue weighted by Gasteiger charge is -2.40. The molecule has 1 saturated carbocycles.